The molecule has 0 aromatic rings. The van der Waals surface area contributed by atoms with E-state index in [4.69, 9.17) is 14.6 Å². The molecule has 1 fully saturated rings. The Morgan fingerprint density at radius 2 is 1.83 bits per heavy atom. The van der Waals surface area contributed by atoms with E-state index in [0.29, 0.717) is 24.0 Å². The fourth-order valence-corrected chi connectivity index (χ4v) is 3.31. The van der Waals surface area contributed by atoms with E-state index < -0.39 is 54.8 Å². The van der Waals surface area contributed by atoms with Crippen LogP contribution in [0.25, 0.3) is 0 Å². The number of aliphatic hydroxyl groups excluding tert-OH is 5. The van der Waals surface area contributed by atoms with Gasteiger partial charge in [0.1, 0.15) is 24.4 Å². The summed E-state index contributed by atoms with van der Waals surface area (Å²) in [5.41, 5.74) is 0.285. The normalized spacial score (nSPS) is 39.7. The van der Waals surface area contributed by atoms with Gasteiger partial charge in [0.25, 0.3) is 0 Å². The van der Waals surface area contributed by atoms with Crippen molar-refractivity contribution in [2.45, 2.75) is 70.4 Å². The van der Waals surface area contributed by atoms with Crippen molar-refractivity contribution >= 4 is 5.97 Å². The Morgan fingerprint density at radius 3 is 2.42 bits per heavy atom. The van der Waals surface area contributed by atoms with Gasteiger partial charge in [0.05, 0.1) is 12.7 Å². The van der Waals surface area contributed by atoms with Crippen molar-refractivity contribution < 1.29 is 39.8 Å². The quantitative estimate of drug-likeness (QED) is 0.403. The van der Waals surface area contributed by atoms with Crippen molar-refractivity contribution in [2.24, 2.45) is 5.41 Å². The molecule has 0 unspecified atom stereocenters. The van der Waals surface area contributed by atoms with E-state index in [1.807, 2.05) is 13.8 Å². The minimum Gasteiger partial charge on any atom is -0.429 e. The number of hydrogen-bond acceptors (Lipinski definition) is 8. The van der Waals surface area contributed by atoms with E-state index in [1.54, 1.807) is 6.92 Å². The van der Waals surface area contributed by atoms with Gasteiger partial charge in [-0.05, 0) is 30.8 Å². The van der Waals surface area contributed by atoms with E-state index in [1.165, 1.54) is 0 Å². The van der Waals surface area contributed by atoms with Crippen LogP contribution >= 0.6 is 0 Å². The van der Waals surface area contributed by atoms with Gasteiger partial charge < -0.3 is 35.0 Å². The van der Waals surface area contributed by atoms with Crippen molar-refractivity contribution in [1.29, 1.82) is 0 Å². The van der Waals surface area contributed by atoms with E-state index in [2.05, 4.69) is 0 Å². The molecular formula is C16H26O8. The third-order valence-corrected chi connectivity index (χ3v) is 4.89. The highest BCUT2D eigenvalue weighted by Crippen LogP contribution is 2.41. The number of aliphatic hydroxyl groups is 5. The van der Waals surface area contributed by atoms with Crippen LogP contribution in [0, 0.1) is 5.41 Å². The summed E-state index contributed by atoms with van der Waals surface area (Å²) >= 11 is 0. The molecule has 0 bridgehead atoms. The number of rotatable bonds is 3. The Bertz CT molecular complexity index is 512. The maximum atomic E-state index is 12.6. The second-order valence-corrected chi connectivity index (χ2v) is 7.10. The molecule has 0 saturated carbocycles. The van der Waals surface area contributed by atoms with Gasteiger partial charge in [-0.1, -0.05) is 13.8 Å². The summed E-state index contributed by atoms with van der Waals surface area (Å²) in [6.07, 6.45) is -7.08. The maximum absolute atomic E-state index is 12.6. The Kier molecular flexibility index (Phi) is 5.68. The lowest BCUT2D eigenvalue weighted by Gasteiger charge is -2.40. The van der Waals surface area contributed by atoms with Crippen molar-refractivity contribution in [1.82, 2.24) is 0 Å². The van der Waals surface area contributed by atoms with Gasteiger partial charge in [-0.3, -0.25) is 0 Å². The fourth-order valence-electron chi connectivity index (χ4n) is 3.31. The number of hydrogen-bond donors (Lipinski definition) is 5. The molecule has 0 aromatic carbocycles. The Labute approximate surface area is 140 Å². The second kappa shape index (κ2) is 7.07. The van der Waals surface area contributed by atoms with Gasteiger partial charge >= 0.3 is 5.97 Å². The van der Waals surface area contributed by atoms with Gasteiger partial charge in [-0.15, -0.1) is 0 Å². The van der Waals surface area contributed by atoms with Gasteiger partial charge in [0.2, 0.25) is 6.29 Å². The molecule has 8 nitrogen and oxygen atoms in total. The molecule has 0 aromatic heterocycles. The molecule has 1 saturated heterocycles. The predicted molar refractivity (Wildman–Crippen MR) is 81.6 cm³/mol. The number of esters is 1. The van der Waals surface area contributed by atoms with Gasteiger partial charge in [0, 0.05) is 5.57 Å². The average molecular weight is 346 g/mol. The molecule has 1 heterocycles. The van der Waals surface area contributed by atoms with Crippen LogP contribution < -0.4 is 0 Å². The molecule has 24 heavy (non-hydrogen) atoms. The molecule has 2 rings (SSSR count). The van der Waals surface area contributed by atoms with Crippen LogP contribution in [0.4, 0.5) is 0 Å². The molecule has 0 radical (unpaired) electrons. The van der Waals surface area contributed by atoms with Gasteiger partial charge in [-0.25, -0.2) is 4.79 Å². The zero-order chi connectivity index (χ0) is 18.2. The van der Waals surface area contributed by atoms with Crippen LogP contribution in [-0.2, 0) is 14.3 Å². The summed E-state index contributed by atoms with van der Waals surface area (Å²) in [4.78, 5) is 12.6. The molecule has 1 aliphatic carbocycles. The third kappa shape index (κ3) is 3.49. The first-order valence-corrected chi connectivity index (χ1v) is 8.01. The Balaban J connectivity index is 2.20. The maximum Gasteiger partial charge on any atom is 0.337 e. The van der Waals surface area contributed by atoms with Crippen LogP contribution in [0.1, 0.15) is 33.6 Å². The Morgan fingerprint density at radius 1 is 1.21 bits per heavy atom. The lowest BCUT2D eigenvalue weighted by Crippen LogP contribution is -2.59. The van der Waals surface area contributed by atoms with Crippen LogP contribution in [0.3, 0.4) is 0 Å². The minimum atomic E-state index is -1.65. The summed E-state index contributed by atoms with van der Waals surface area (Å²) in [5.74, 6) is -0.763. The smallest absolute Gasteiger partial charge is 0.337 e. The first-order chi connectivity index (χ1) is 11.1. The zero-order valence-electron chi connectivity index (χ0n) is 14.0. The standard InChI is InChI=1S/C16H26O8/c1-7-8(18)4-5-16(2,3)10(7)14(22)24-15-13(21)12(20)11(19)9(6-17)23-15/h8-9,11-13,15,17-21H,4-6H2,1-3H3/t8-,9+,11+,12-,13+,15-/m0/s1. The average Bonchev–Trinajstić information content (AvgIpc) is 2.51. The van der Waals surface area contributed by atoms with Crippen LogP contribution in [-0.4, -0.2) is 74.9 Å². The second-order valence-electron chi connectivity index (χ2n) is 7.10. The van der Waals surface area contributed by atoms with E-state index >= 15 is 0 Å². The molecule has 138 valence electrons. The number of ether oxygens (including phenoxy) is 2. The summed E-state index contributed by atoms with van der Waals surface area (Å²) in [5, 5.41) is 48.6. The zero-order valence-corrected chi connectivity index (χ0v) is 14.0. The Hall–Kier alpha value is -1.03. The first kappa shape index (κ1) is 19.3. The summed E-state index contributed by atoms with van der Waals surface area (Å²) in [7, 11) is 0. The van der Waals surface area contributed by atoms with Crippen molar-refractivity contribution in [3.05, 3.63) is 11.1 Å². The largest absolute Gasteiger partial charge is 0.429 e. The van der Waals surface area contributed by atoms with Crippen LogP contribution in [0.5, 0.6) is 0 Å². The molecule has 0 spiro atoms. The number of carbonyl (C=O) groups excluding carboxylic acids is 1. The molecule has 8 heteroatoms. The SMILES string of the molecule is CC1=C(C(=O)O[C@@H]2O[C@H](CO)[C@@H](O)[C@H](O)[C@H]2O)C(C)(C)CC[C@@H]1O. The lowest BCUT2D eigenvalue weighted by molar-refractivity contribution is -0.291. The predicted octanol–water partition coefficient (Wildman–Crippen LogP) is -1.17. The molecule has 1 aliphatic heterocycles. The highest BCUT2D eigenvalue weighted by atomic mass is 16.7. The van der Waals surface area contributed by atoms with E-state index in [0.717, 1.165) is 0 Å². The summed E-state index contributed by atoms with van der Waals surface area (Å²) in [6, 6.07) is 0. The lowest BCUT2D eigenvalue weighted by atomic mass is 9.72. The van der Waals surface area contributed by atoms with Crippen LogP contribution in [0.2, 0.25) is 0 Å². The van der Waals surface area contributed by atoms with Crippen molar-refractivity contribution in [3.8, 4) is 0 Å². The molecule has 5 N–H and O–H groups in total. The van der Waals surface area contributed by atoms with Gasteiger partial charge in [-0.2, -0.15) is 0 Å². The van der Waals surface area contributed by atoms with E-state index in [9.17, 15) is 25.2 Å². The van der Waals surface area contributed by atoms with E-state index in [-0.39, 0.29) is 0 Å². The number of carbonyl (C=O) groups is 1. The highest BCUT2D eigenvalue weighted by molar-refractivity contribution is 5.91. The first-order valence-electron chi connectivity index (χ1n) is 8.01. The third-order valence-electron chi connectivity index (χ3n) is 4.89. The molecule has 6 atom stereocenters. The topological polar surface area (TPSA) is 137 Å². The highest BCUT2D eigenvalue weighted by Gasteiger charge is 2.46. The summed E-state index contributed by atoms with van der Waals surface area (Å²) < 4.78 is 10.4. The van der Waals surface area contributed by atoms with Crippen molar-refractivity contribution in [2.75, 3.05) is 6.61 Å². The fraction of sp³-hybridized carbons (Fsp3) is 0.812. The summed E-state index contributed by atoms with van der Waals surface area (Å²) in [6.45, 7) is 4.75. The monoisotopic (exact) mass is 346 g/mol. The molecule has 0 amide bonds. The molecule has 2 aliphatic rings. The minimum absolute atomic E-state index is 0.304. The van der Waals surface area contributed by atoms with Gasteiger partial charge in [0.15, 0.2) is 0 Å². The van der Waals surface area contributed by atoms with Crippen LogP contribution in [0.15, 0.2) is 11.1 Å². The van der Waals surface area contributed by atoms with Crippen molar-refractivity contribution in [3.63, 3.8) is 0 Å². The molecular weight excluding hydrogens is 320 g/mol.